The Labute approximate surface area is 91.8 Å². The minimum atomic E-state index is -0.342. The van der Waals surface area contributed by atoms with Gasteiger partial charge in [0, 0.05) is 19.7 Å². The molecule has 0 aliphatic carbocycles. The van der Waals surface area contributed by atoms with Crippen molar-refractivity contribution >= 4 is 5.91 Å². The van der Waals surface area contributed by atoms with Gasteiger partial charge >= 0.3 is 0 Å². The van der Waals surface area contributed by atoms with Gasteiger partial charge in [0.1, 0.15) is 0 Å². The van der Waals surface area contributed by atoms with E-state index in [9.17, 15) is 4.79 Å². The van der Waals surface area contributed by atoms with E-state index >= 15 is 0 Å². The standard InChI is InChI=1S/C11H22N2O2/c1-3-10(12)11(14)13-7-5-6-9(8-13)15-4-2/h9-10H,3-8,12H2,1-2H3/t9?,10-/m1/s1. The van der Waals surface area contributed by atoms with Crippen LogP contribution in [0.5, 0.6) is 0 Å². The first-order chi connectivity index (χ1) is 7.19. The highest BCUT2D eigenvalue weighted by Crippen LogP contribution is 2.14. The van der Waals surface area contributed by atoms with E-state index in [-0.39, 0.29) is 18.1 Å². The highest BCUT2D eigenvalue weighted by atomic mass is 16.5. The molecule has 0 radical (unpaired) electrons. The maximum Gasteiger partial charge on any atom is 0.239 e. The smallest absolute Gasteiger partial charge is 0.239 e. The molecule has 1 amide bonds. The average Bonchev–Trinajstić information content (AvgIpc) is 2.28. The van der Waals surface area contributed by atoms with Gasteiger partial charge in [-0.15, -0.1) is 0 Å². The normalized spacial score (nSPS) is 23.9. The third-order valence-electron chi connectivity index (χ3n) is 2.85. The molecule has 1 rings (SSSR count). The summed E-state index contributed by atoms with van der Waals surface area (Å²) in [5.41, 5.74) is 5.73. The number of carbonyl (C=O) groups is 1. The summed E-state index contributed by atoms with van der Waals surface area (Å²) in [6, 6.07) is -0.342. The van der Waals surface area contributed by atoms with Crippen molar-refractivity contribution in [3.8, 4) is 0 Å². The second kappa shape index (κ2) is 6.08. The Hall–Kier alpha value is -0.610. The van der Waals surface area contributed by atoms with Crippen LogP contribution >= 0.6 is 0 Å². The summed E-state index contributed by atoms with van der Waals surface area (Å²) >= 11 is 0. The number of carbonyl (C=O) groups excluding carboxylic acids is 1. The summed E-state index contributed by atoms with van der Waals surface area (Å²) in [5.74, 6) is 0.0712. The highest BCUT2D eigenvalue weighted by molar-refractivity contribution is 5.81. The van der Waals surface area contributed by atoms with E-state index < -0.39 is 0 Å². The third kappa shape index (κ3) is 3.47. The van der Waals surface area contributed by atoms with Gasteiger partial charge in [0.25, 0.3) is 0 Å². The molecule has 0 aromatic rings. The maximum absolute atomic E-state index is 11.8. The van der Waals surface area contributed by atoms with Gasteiger partial charge in [-0.3, -0.25) is 4.79 Å². The molecule has 0 saturated carbocycles. The zero-order chi connectivity index (χ0) is 11.3. The van der Waals surface area contributed by atoms with Crippen LogP contribution < -0.4 is 5.73 Å². The van der Waals surface area contributed by atoms with Crippen LogP contribution in [0, 0.1) is 0 Å². The van der Waals surface area contributed by atoms with E-state index in [4.69, 9.17) is 10.5 Å². The monoisotopic (exact) mass is 214 g/mol. The molecule has 2 N–H and O–H groups in total. The van der Waals surface area contributed by atoms with Crippen LogP contribution in [-0.2, 0) is 9.53 Å². The Morgan fingerprint density at radius 3 is 2.93 bits per heavy atom. The number of ether oxygens (including phenoxy) is 1. The molecule has 4 nitrogen and oxygen atoms in total. The molecule has 1 saturated heterocycles. The number of nitrogens with zero attached hydrogens (tertiary/aromatic N) is 1. The quantitative estimate of drug-likeness (QED) is 0.751. The SMILES string of the molecule is CCOC1CCCN(C(=O)[C@H](N)CC)C1. The van der Waals surface area contributed by atoms with Crippen molar-refractivity contribution in [2.24, 2.45) is 5.73 Å². The fraction of sp³-hybridized carbons (Fsp3) is 0.909. The Balaban J connectivity index is 2.44. The Morgan fingerprint density at radius 1 is 1.60 bits per heavy atom. The van der Waals surface area contributed by atoms with Crippen molar-refractivity contribution in [2.75, 3.05) is 19.7 Å². The van der Waals surface area contributed by atoms with Gasteiger partial charge in [-0.25, -0.2) is 0 Å². The van der Waals surface area contributed by atoms with Crippen LogP contribution in [0.25, 0.3) is 0 Å². The molecule has 1 aliphatic rings. The lowest BCUT2D eigenvalue weighted by molar-refractivity contribution is -0.136. The van der Waals surface area contributed by atoms with Crippen LogP contribution in [0.4, 0.5) is 0 Å². The van der Waals surface area contributed by atoms with Gasteiger partial charge in [-0.2, -0.15) is 0 Å². The van der Waals surface area contributed by atoms with Crippen LogP contribution in [0.15, 0.2) is 0 Å². The summed E-state index contributed by atoms with van der Waals surface area (Å²) < 4.78 is 5.54. The summed E-state index contributed by atoms with van der Waals surface area (Å²) in [4.78, 5) is 13.7. The zero-order valence-electron chi connectivity index (χ0n) is 9.74. The summed E-state index contributed by atoms with van der Waals surface area (Å²) in [7, 11) is 0. The topological polar surface area (TPSA) is 55.6 Å². The Kier molecular flexibility index (Phi) is 5.05. The molecule has 0 aromatic heterocycles. The Morgan fingerprint density at radius 2 is 2.33 bits per heavy atom. The zero-order valence-corrected chi connectivity index (χ0v) is 9.74. The van der Waals surface area contributed by atoms with Gasteiger partial charge in [0.15, 0.2) is 0 Å². The van der Waals surface area contributed by atoms with Crippen LogP contribution in [-0.4, -0.2) is 42.6 Å². The van der Waals surface area contributed by atoms with Crippen molar-refractivity contribution in [2.45, 2.75) is 45.3 Å². The molecule has 0 spiro atoms. The molecule has 0 aromatic carbocycles. The lowest BCUT2D eigenvalue weighted by atomic mass is 10.1. The maximum atomic E-state index is 11.8. The molecule has 1 unspecified atom stereocenters. The summed E-state index contributed by atoms with van der Waals surface area (Å²) in [6.45, 7) is 6.17. The van der Waals surface area contributed by atoms with E-state index in [1.54, 1.807) is 0 Å². The van der Waals surface area contributed by atoms with Gasteiger partial charge in [0.05, 0.1) is 12.1 Å². The highest BCUT2D eigenvalue weighted by Gasteiger charge is 2.26. The number of amides is 1. The molecule has 1 heterocycles. The fourth-order valence-electron chi connectivity index (χ4n) is 1.92. The Bertz CT molecular complexity index is 207. The second-order valence-electron chi connectivity index (χ2n) is 4.02. The minimum absolute atomic E-state index is 0.0712. The van der Waals surface area contributed by atoms with Crippen molar-refractivity contribution in [1.29, 1.82) is 0 Å². The van der Waals surface area contributed by atoms with Crippen molar-refractivity contribution in [3.63, 3.8) is 0 Å². The number of rotatable bonds is 4. The van der Waals surface area contributed by atoms with E-state index in [1.165, 1.54) is 0 Å². The fourth-order valence-corrected chi connectivity index (χ4v) is 1.92. The first-order valence-corrected chi connectivity index (χ1v) is 5.85. The van der Waals surface area contributed by atoms with Gasteiger partial charge in [-0.05, 0) is 26.2 Å². The number of hydrogen-bond acceptors (Lipinski definition) is 3. The minimum Gasteiger partial charge on any atom is -0.377 e. The van der Waals surface area contributed by atoms with E-state index in [0.717, 1.165) is 19.4 Å². The first kappa shape index (κ1) is 12.5. The predicted molar refractivity (Wildman–Crippen MR) is 59.5 cm³/mol. The lowest BCUT2D eigenvalue weighted by Crippen LogP contribution is -2.49. The number of nitrogens with two attached hydrogens (primary N) is 1. The van der Waals surface area contributed by atoms with Crippen molar-refractivity contribution < 1.29 is 9.53 Å². The molecular formula is C11H22N2O2. The predicted octanol–water partition coefficient (Wildman–Crippen LogP) is 0.751. The largest absolute Gasteiger partial charge is 0.377 e. The molecule has 15 heavy (non-hydrogen) atoms. The number of piperidine rings is 1. The van der Waals surface area contributed by atoms with E-state index in [2.05, 4.69) is 0 Å². The van der Waals surface area contributed by atoms with Crippen molar-refractivity contribution in [3.05, 3.63) is 0 Å². The van der Waals surface area contributed by atoms with E-state index in [0.29, 0.717) is 19.6 Å². The average molecular weight is 214 g/mol. The van der Waals surface area contributed by atoms with Crippen molar-refractivity contribution in [1.82, 2.24) is 4.90 Å². The van der Waals surface area contributed by atoms with Gasteiger partial charge in [0.2, 0.25) is 5.91 Å². The molecule has 1 fully saturated rings. The van der Waals surface area contributed by atoms with Gasteiger partial charge in [-0.1, -0.05) is 6.92 Å². The second-order valence-corrected chi connectivity index (χ2v) is 4.02. The molecule has 2 atom stereocenters. The molecular weight excluding hydrogens is 192 g/mol. The number of likely N-dealkylation sites (tertiary alicyclic amines) is 1. The molecule has 0 bridgehead atoms. The number of hydrogen-bond donors (Lipinski definition) is 1. The summed E-state index contributed by atoms with van der Waals surface area (Å²) in [5, 5.41) is 0. The first-order valence-electron chi connectivity index (χ1n) is 5.85. The molecule has 88 valence electrons. The van der Waals surface area contributed by atoms with Crippen LogP contribution in [0.1, 0.15) is 33.1 Å². The molecule has 4 heteroatoms. The van der Waals surface area contributed by atoms with Crippen LogP contribution in [0.3, 0.4) is 0 Å². The van der Waals surface area contributed by atoms with Gasteiger partial charge < -0.3 is 15.4 Å². The third-order valence-corrected chi connectivity index (χ3v) is 2.85. The summed E-state index contributed by atoms with van der Waals surface area (Å²) in [6.07, 6.45) is 2.98. The van der Waals surface area contributed by atoms with E-state index in [1.807, 2.05) is 18.7 Å². The lowest BCUT2D eigenvalue weighted by Gasteiger charge is -2.33. The van der Waals surface area contributed by atoms with Crippen LogP contribution in [0.2, 0.25) is 0 Å². The molecule has 1 aliphatic heterocycles.